The standard InChI is InChI=1S/C30H28BrCl2F2N3O2/c1-30(2,3)14-23-25(18-10-9-17(32)13-21(18)34)26(19-6-5-7-20(33)27(19)35)28(38(23)15-36)29(39)37-22-11-8-16(31)12-24(22)40-4/h5-13,23,25-26,28H,14H2,1-4H3,(H,37,39)/t23-,25+,26+,28+/m0/s1. The molecule has 0 unspecified atom stereocenters. The van der Waals surface area contributed by atoms with Gasteiger partial charge in [-0.05, 0) is 59.4 Å². The second kappa shape index (κ2) is 11.9. The summed E-state index contributed by atoms with van der Waals surface area (Å²) in [7, 11) is 1.47. The first-order valence-corrected chi connectivity index (χ1v) is 14.1. The van der Waals surface area contributed by atoms with Crippen LogP contribution in [0.25, 0.3) is 0 Å². The highest BCUT2D eigenvalue weighted by molar-refractivity contribution is 9.10. The number of likely N-dealkylation sites (tertiary alicyclic amines) is 1. The molecular formula is C30H28BrCl2F2N3O2. The van der Waals surface area contributed by atoms with Gasteiger partial charge in [-0.25, -0.2) is 8.78 Å². The maximum Gasteiger partial charge on any atom is 0.248 e. The Morgan fingerprint density at radius 3 is 2.45 bits per heavy atom. The third-order valence-corrected chi connectivity index (χ3v) is 8.11. The number of nitrogens with one attached hydrogen (secondary N) is 1. The van der Waals surface area contributed by atoms with Gasteiger partial charge in [0.1, 0.15) is 23.4 Å². The number of carbonyl (C=O) groups excluding carboxylic acids is 1. The molecule has 1 aliphatic heterocycles. The number of anilines is 1. The van der Waals surface area contributed by atoms with Gasteiger partial charge in [0.05, 0.1) is 17.8 Å². The fourth-order valence-electron chi connectivity index (χ4n) is 5.56. The van der Waals surface area contributed by atoms with E-state index in [0.717, 1.165) is 4.47 Å². The highest BCUT2D eigenvalue weighted by Gasteiger charge is 2.55. The van der Waals surface area contributed by atoms with E-state index < -0.39 is 41.5 Å². The maximum absolute atomic E-state index is 15.7. The van der Waals surface area contributed by atoms with Crippen molar-refractivity contribution in [2.24, 2.45) is 5.41 Å². The molecule has 0 radical (unpaired) electrons. The first-order chi connectivity index (χ1) is 18.9. The first kappa shape index (κ1) is 30.1. The predicted octanol–water partition coefficient (Wildman–Crippen LogP) is 8.52. The quantitative estimate of drug-likeness (QED) is 0.272. The van der Waals surface area contributed by atoms with Gasteiger partial charge in [0.15, 0.2) is 6.19 Å². The summed E-state index contributed by atoms with van der Waals surface area (Å²) in [6.45, 7) is 5.98. The normalized spacial score (nSPS) is 20.8. The Morgan fingerprint density at radius 1 is 1.10 bits per heavy atom. The van der Waals surface area contributed by atoms with Crippen LogP contribution in [0.2, 0.25) is 10.0 Å². The van der Waals surface area contributed by atoms with Gasteiger partial charge in [0, 0.05) is 27.4 Å². The van der Waals surface area contributed by atoms with Gasteiger partial charge >= 0.3 is 0 Å². The van der Waals surface area contributed by atoms with E-state index in [2.05, 4.69) is 27.4 Å². The van der Waals surface area contributed by atoms with Crippen LogP contribution in [0, 0.1) is 28.5 Å². The van der Waals surface area contributed by atoms with Crippen molar-refractivity contribution < 1.29 is 18.3 Å². The minimum Gasteiger partial charge on any atom is -0.495 e. The lowest BCUT2D eigenvalue weighted by Crippen LogP contribution is -2.43. The highest BCUT2D eigenvalue weighted by atomic mass is 79.9. The fourth-order valence-corrected chi connectivity index (χ4v) is 6.24. The summed E-state index contributed by atoms with van der Waals surface area (Å²) in [6, 6.07) is 12.0. The number of halogens is 5. The van der Waals surface area contributed by atoms with Crippen LogP contribution in [-0.4, -0.2) is 30.0 Å². The molecular weight excluding hydrogens is 623 g/mol. The zero-order chi connectivity index (χ0) is 29.4. The van der Waals surface area contributed by atoms with E-state index in [1.54, 1.807) is 36.4 Å². The Balaban J connectivity index is 1.95. The summed E-state index contributed by atoms with van der Waals surface area (Å²) < 4.78 is 37.5. The summed E-state index contributed by atoms with van der Waals surface area (Å²) in [4.78, 5) is 15.5. The van der Waals surface area contributed by atoms with Crippen molar-refractivity contribution in [2.45, 2.75) is 51.1 Å². The van der Waals surface area contributed by atoms with E-state index in [-0.39, 0.29) is 26.6 Å². The van der Waals surface area contributed by atoms with E-state index >= 15 is 8.78 Å². The van der Waals surface area contributed by atoms with Gasteiger partial charge in [-0.1, -0.05) is 78.1 Å². The molecule has 40 heavy (non-hydrogen) atoms. The minimum atomic E-state index is -1.20. The van der Waals surface area contributed by atoms with Crippen molar-refractivity contribution in [2.75, 3.05) is 12.4 Å². The molecule has 1 fully saturated rings. The number of ether oxygens (including phenoxy) is 1. The molecule has 0 saturated carbocycles. The number of nitriles is 1. The van der Waals surface area contributed by atoms with Crippen molar-refractivity contribution in [3.63, 3.8) is 0 Å². The van der Waals surface area contributed by atoms with Gasteiger partial charge in [-0.3, -0.25) is 9.69 Å². The lowest BCUT2D eigenvalue weighted by Gasteiger charge is -2.32. The summed E-state index contributed by atoms with van der Waals surface area (Å²) in [5, 5.41) is 13.4. The molecule has 4 atom stereocenters. The van der Waals surface area contributed by atoms with Gasteiger partial charge < -0.3 is 10.1 Å². The molecule has 1 heterocycles. The second-order valence-corrected chi connectivity index (χ2v) is 12.7. The zero-order valence-corrected chi connectivity index (χ0v) is 25.4. The van der Waals surface area contributed by atoms with E-state index in [1.165, 1.54) is 30.2 Å². The van der Waals surface area contributed by atoms with Crippen molar-refractivity contribution >= 4 is 50.7 Å². The highest BCUT2D eigenvalue weighted by Crippen LogP contribution is 2.52. The Hall–Kier alpha value is -2.86. The van der Waals surface area contributed by atoms with E-state index in [4.69, 9.17) is 27.9 Å². The molecule has 3 aromatic carbocycles. The summed E-state index contributed by atoms with van der Waals surface area (Å²) in [6.07, 6.45) is 2.60. The van der Waals surface area contributed by atoms with Crippen LogP contribution in [-0.2, 0) is 4.79 Å². The average molecular weight is 651 g/mol. The number of hydrogen-bond acceptors (Lipinski definition) is 4. The molecule has 10 heteroatoms. The van der Waals surface area contributed by atoms with E-state index in [1.807, 2.05) is 20.8 Å². The average Bonchev–Trinajstić information content (AvgIpc) is 3.18. The molecule has 4 rings (SSSR count). The molecule has 5 nitrogen and oxygen atoms in total. The number of amides is 1. The van der Waals surface area contributed by atoms with E-state index in [9.17, 15) is 10.1 Å². The smallest absolute Gasteiger partial charge is 0.248 e. The van der Waals surface area contributed by atoms with Crippen molar-refractivity contribution in [3.8, 4) is 11.9 Å². The molecule has 3 aromatic rings. The van der Waals surface area contributed by atoms with Gasteiger partial charge in [-0.2, -0.15) is 5.26 Å². The van der Waals surface area contributed by atoms with Crippen LogP contribution in [0.1, 0.15) is 50.2 Å². The van der Waals surface area contributed by atoms with Crippen LogP contribution in [0.4, 0.5) is 14.5 Å². The van der Waals surface area contributed by atoms with Crippen molar-refractivity contribution in [1.29, 1.82) is 5.26 Å². The Labute approximate surface area is 251 Å². The number of hydrogen-bond donors (Lipinski definition) is 1. The molecule has 0 spiro atoms. The van der Waals surface area contributed by atoms with Crippen LogP contribution in [0.15, 0.2) is 59.1 Å². The number of nitrogens with zero attached hydrogens (tertiary/aromatic N) is 2. The Bertz CT molecular complexity index is 1470. The Morgan fingerprint density at radius 2 is 1.82 bits per heavy atom. The molecule has 1 saturated heterocycles. The fraction of sp³-hybridized carbons (Fsp3) is 0.333. The Kier molecular flexibility index (Phi) is 8.99. The van der Waals surface area contributed by atoms with Crippen LogP contribution >= 0.6 is 39.1 Å². The largest absolute Gasteiger partial charge is 0.495 e. The maximum atomic E-state index is 15.7. The number of carbonyl (C=O) groups is 1. The summed E-state index contributed by atoms with van der Waals surface area (Å²) in [5.74, 6) is -3.25. The third kappa shape index (κ3) is 6.07. The first-order valence-electron chi connectivity index (χ1n) is 12.6. The molecule has 0 bridgehead atoms. The molecule has 1 N–H and O–H groups in total. The number of methoxy groups -OCH3 is 1. The van der Waals surface area contributed by atoms with Crippen molar-refractivity contribution in [3.05, 3.63) is 91.9 Å². The minimum absolute atomic E-state index is 0.117. The number of benzene rings is 3. The summed E-state index contributed by atoms with van der Waals surface area (Å²) >= 11 is 15.7. The van der Waals surface area contributed by atoms with E-state index in [0.29, 0.717) is 17.9 Å². The van der Waals surface area contributed by atoms with Gasteiger partial charge in [0.2, 0.25) is 5.91 Å². The summed E-state index contributed by atoms with van der Waals surface area (Å²) in [5.41, 5.74) is 0.400. The van der Waals surface area contributed by atoms with Crippen LogP contribution in [0.5, 0.6) is 5.75 Å². The third-order valence-electron chi connectivity index (χ3n) is 7.09. The van der Waals surface area contributed by atoms with Gasteiger partial charge in [-0.15, -0.1) is 0 Å². The molecule has 1 aliphatic rings. The van der Waals surface area contributed by atoms with Crippen molar-refractivity contribution in [1.82, 2.24) is 4.90 Å². The lowest BCUT2D eigenvalue weighted by atomic mass is 9.73. The monoisotopic (exact) mass is 649 g/mol. The van der Waals surface area contributed by atoms with Gasteiger partial charge in [0.25, 0.3) is 0 Å². The van der Waals surface area contributed by atoms with Crippen LogP contribution < -0.4 is 10.1 Å². The molecule has 1 amide bonds. The topological polar surface area (TPSA) is 65.4 Å². The molecule has 0 aromatic heterocycles. The SMILES string of the molecule is COc1cc(Br)ccc1NC(=O)[C@H]1[C@H](c2cccc(Cl)c2F)[C@H](c2ccc(Cl)cc2F)[C@H](CC(C)(C)C)N1C#N. The van der Waals surface area contributed by atoms with Crippen LogP contribution in [0.3, 0.4) is 0 Å². The second-order valence-electron chi connectivity index (χ2n) is 11.0. The molecule has 210 valence electrons. The molecule has 0 aliphatic carbocycles. The zero-order valence-electron chi connectivity index (χ0n) is 22.3. The lowest BCUT2D eigenvalue weighted by molar-refractivity contribution is -0.120. The number of rotatable bonds is 6. The predicted molar refractivity (Wildman–Crippen MR) is 157 cm³/mol.